The molecule has 0 rings (SSSR count). The van der Waals surface area contributed by atoms with Crippen molar-refractivity contribution in [1.29, 1.82) is 0 Å². The molecule has 0 aromatic rings. The maximum atomic E-state index is 11.3. The first-order valence-corrected chi connectivity index (χ1v) is 4.12. The van der Waals surface area contributed by atoms with Crippen LogP contribution in [0.3, 0.4) is 0 Å². The lowest BCUT2D eigenvalue weighted by molar-refractivity contribution is -0.147. The molecule has 0 aliphatic heterocycles. The molecular weight excluding hydrogens is 169 g/mol. The Bertz CT molecular complexity index is 208. The van der Waals surface area contributed by atoms with Crippen LogP contribution in [0.5, 0.6) is 0 Å². The van der Waals surface area contributed by atoms with Gasteiger partial charge in [-0.1, -0.05) is 13.3 Å². The fourth-order valence-corrected chi connectivity index (χ4v) is 1.21. The van der Waals surface area contributed by atoms with E-state index in [1.807, 2.05) is 6.92 Å². The SMILES string of the molecule is [B]C(=O)N[C@@](C)(CCC)C(=O)OC. The summed E-state index contributed by atoms with van der Waals surface area (Å²) in [6.07, 6.45) is 1.26. The van der Waals surface area contributed by atoms with Gasteiger partial charge in [-0.2, -0.15) is 0 Å². The molecular formula is C8H14BNO3. The Morgan fingerprint density at radius 2 is 2.08 bits per heavy atom. The van der Waals surface area contributed by atoms with Crippen LogP contribution in [0.15, 0.2) is 0 Å². The van der Waals surface area contributed by atoms with Gasteiger partial charge in [0.2, 0.25) is 7.85 Å². The molecule has 1 N–H and O–H groups in total. The van der Waals surface area contributed by atoms with Gasteiger partial charge in [0.25, 0.3) is 0 Å². The summed E-state index contributed by atoms with van der Waals surface area (Å²) in [6, 6.07) is 0. The number of ether oxygens (including phenoxy) is 1. The van der Waals surface area contributed by atoms with Gasteiger partial charge in [0.15, 0.2) is 5.81 Å². The molecule has 0 fully saturated rings. The van der Waals surface area contributed by atoms with Gasteiger partial charge in [-0.15, -0.1) is 0 Å². The minimum atomic E-state index is -1.00. The summed E-state index contributed by atoms with van der Waals surface area (Å²) in [4.78, 5) is 21.9. The molecule has 0 aromatic carbocycles. The monoisotopic (exact) mass is 183 g/mol. The highest BCUT2D eigenvalue weighted by Gasteiger charge is 2.33. The fourth-order valence-electron chi connectivity index (χ4n) is 1.21. The second kappa shape index (κ2) is 4.89. The van der Waals surface area contributed by atoms with Crippen molar-refractivity contribution < 1.29 is 14.3 Å². The second-order valence-electron chi connectivity index (χ2n) is 3.06. The van der Waals surface area contributed by atoms with Gasteiger partial charge in [-0.25, -0.2) is 4.79 Å². The minimum Gasteiger partial charge on any atom is -0.467 e. The predicted molar refractivity (Wildman–Crippen MR) is 49.6 cm³/mol. The molecule has 4 nitrogen and oxygen atoms in total. The van der Waals surface area contributed by atoms with Crippen LogP contribution in [0.2, 0.25) is 0 Å². The topological polar surface area (TPSA) is 55.4 Å². The van der Waals surface area contributed by atoms with E-state index in [0.29, 0.717) is 6.42 Å². The van der Waals surface area contributed by atoms with Crippen molar-refractivity contribution in [3.8, 4) is 0 Å². The number of hydrogen-bond donors (Lipinski definition) is 1. The van der Waals surface area contributed by atoms with Crippen molar-refractivity contribution in [3.63, 3.8) is 0 Å². The van der Waals surface area contributed by atoms with Gasteiger partial charge in [0, 0.05) is 0 Å². The van der Waals surface area contributed by atoms with Crippen LogP contribution >= 0.6 is 0 Å². The third kappa shape index (κ3) is 3.48. The molecule has 0 saturated carbocycles. The van der Waals surface area contributed by atoms with E-state index in [0.717, 1.165) is 6.42 Å². The van der Waals surface area contributed by atoms with Gasteiger partial charge in [0.05, 0.1) is 7.11 Å². The Morgan fingerprint density at radius 3 is 2.38 bits per heavy atom. The molecule has 0 unspecified atom stereocenters. The van der Waals surface area contributed by atoms with Crippen LogP contribution in [0.25, 0.3) is 0 Å². The highest BCUT2D eigenvalue weighted by molar-refractivity contribution is 6.57. The lowest BCUT2D eigenvalue weighted by atomic mass is 9.94. The Morgan fingerprint density at radius 1 is 1.54 bits per heavy atom. The van der Waals surface area contributed by atoms with Crippen LogP contribution in [-0.2, 0) is 9.53 Å². The third-order valence-corrected chi connectivity index (χ3v) is 1.79. The molecule has 0 aliphatic rings. The predicted octanol–water partition coefficient (Wildman–Crippen LogP) is 0.596. The van der Waals surface area contributed by atoms with E-state index in [2.05, 4.69) is 10.1 Å². The lowest BCUT2D eigenvalue weighted by Gasteiger charge is -2.27. The van der Waals surface area contributed by atoms with E-state index in [1.54, 1.807) is 6.92 Å². The molecule has 0 bridgehead atoms. The zero-order valence-corrected chi connectivity index (χ0v) is 8.22. The standard InChI is InChI=1S/C8H14BNO3/c1-4-5-8(2,6(11)13-3)10-7(9)12/h4-5H2,1-3H3,(H,10,12)/t8-/m0/s1. The molecule has 0 heterocycles. The molecule has 1 atom stereocenters. The van der Waals surface area contributed by atoms with Crippen molar-refractivity contribution in [2.45, 2.75) is 32.2 Å². The van der Waals surface area contributed by atoms with E-state index in [4.69, 9.17) is 7.85 Å². The zero-order chi connectivity index (χ0) is 10.5. The highest BCUT2D eigenvalue weighted by atomic mass is 16.5. The summed E-state index contributed by atoms with van der Waals surface area (Å²) in [7, 11) is 6.22. The second-order valence-corrected chi connectivity index (χ2v) is 3.06. The Kier molecular flexibility index (Phi) is 4.52. The lowest BCUT2D eigenvalue weighted by Crippen LogP contribution is -2.52. The minimum absolute atomic E-state index is 0.479. The first-order chi connectivity index (χ1) is 5.96. The van der Waals surface area contributed by atoms with E-state index < -0.39 is 17.3 Å². The van der Waals surface area contributed by atoms with Crippen LogP contribution in [0.1, 0.15) is 26.7 Å². The largest absolute Gasteiger partial charge is 0.467 e. The van der Waals surface area contributed by atoms with Crippen molar-refractivity contribution in [2.24, 2.45) is 0 Å². The number of hydrogen-bond acceptors (Lipinski definition) is 3. The molecule has 13 heavy (non-hydrogen) atoms. The third-order valence-electron chi connectivity index (χ3n) is 1.79. The Balaban J connectivity index is 4.50. The quantitative estimate of drug-likeness (QED) is 0.512. The number of methoxy groups -OCH3 is 1. The molecule has 72 valence electrons. The van der Waals surface area contributed by atoms with E-state index >= 15 is 0 Å². The summed E-state index contributed by atoms with van der Waals surface area (Å²) in [6.45, 7) is 3.50. The number of nitrogens with one attached hydrogen (secondary N) is 1. The smallest absolute Gasteiger partial charge is 0.331 e. The summed E-state index contributed by atoms with van der Waals surface area (Å²) in [5.74, 6) is -1.20. The van der Waals surface area contributed by atoms with Gasteiger partial charge in [-0.3, -0.25) is 4.79 Å². The molecule has 5 heteroatoms. The number of esters is 1. The number of amides is 1. The zero-order valence-electron chi connectivity index (χ0n) is 8.22. The number of carbonyl (C=O) groups is 2. The average molecular weight is 183 g/mol. The van der Waals surface area contributed by atoms with Crippen LogP contribution < -0.4 is 5.32 Å². The normalized spacial score (nSPS) is 14.4. The first kappa shape index (κ1) is 12.0. The van der Waals surface area contributed by atoms with Crippen molar-refractivity contribution >= 4 is 19.6 Å². The number of rotatable bonds is 4. The van der Waals surface area contributed by atoms with Crippen LogP contribution in [-0.4, -0.2) is 32.3 Å². The highest BCUT2D eigenvalue weighted by Crippen LogP contribution is 2.13. The summed E-state index contributed by atoms with van der Waals surface area (Å²) in [5.41, 5.74) is -1.00. The van der Waals surface area contributed by atoms with E-state index in [1.165, 1.54) is 7.11 Å². The number of carbonyl (C=O) groups excluding carboxylic acids is 2. The molecule has 0 aliphatic carbocycles. The Hall–Kier alpha value is -0.995. The summed E-state index contributed by atoms with van der Waals surface area (Å²) in [5, 5.41) is 2.37. The molecule has 0 aromatic heterocycles. The molecule has 0 spiro atoms. The van der Waals surface area contributed by atoms with Crippen molar-refractivity contribution in [1.82, 2.24) is 5.32 Å². The molecule has 0 saturated heterocycles. The van der Waals surface area contributed by atoms with Gasteiger partial charge in [-0.05, 0) is 13.3 Å². The maximum Gasteiger partial charge on any atom is 0.331 e. The summed E-state index contributed by atoms with van der Waals surface area (Å²) < 4.78 is 4.56. The van der Waals surface area contributed by atoms with Gasteiger partial charge in [0.1, 0.15) is 5.54 Å². The van der Waals surface area contributed by atoms with E-state index in [9.17, 15) is 9.59 Å². The van der Waals surface area contributed by atoms with Crippen molar-refractivity contribution in [3.05, 3.63) is 0 Å². The van der Waals surface area contributed by atoms with Gasteiger partial charge < -0.3 is 10.1 Å². The van der Waals surface area contributed by atoms with Gasteiger partial charge >= 0.3 is 5.97 Å². The van der Waals surface area contributed by atoms with E-state index in [-0.39, 0.29) is 0 Å². The summed E-state index contributed by atoms with van der Waals surface area (Å²) >= 11 is 0. The Labute approximate surface area is 79.4 Å². The van der Waals surface area contributed by atoms with Crippen LogP contribution in [0.4, 0.5) is 4.79 Å². The molecule has 2 radical (unpaired) electrons. The molecule has 1 amide bonds. The first-order valence-electron chi connectivity index (χ1n) is 4.12. The van der Waals surface area contributed by atoms with Crippen LogP contribution in [0, 0.1) is 0 Å². The van der Waals surface area contributed by atoms with Crippen molar-refractivity contribution in [2.75, 3.05) is 7.11 Å². The fraction of sp³-hybridized carbons (Fsp3) is 0.750. The maximum absolute atomic E-state index is 11.3. The average Bonchev–Trinajstić information content (AvgIpc) is 2.02.